The number of likely N-dealkylation sites (N-methyl/N-ethyl adjacent to an activating group) is 2. The van der Waals surface area contributed by atoms with Gasteiger partial charge in [0.05, 0.1) is 54.8 Å². The van der Waals surface area contributed by atoms with Gasteiger partial charge in [-0.15, -0.1) is 0 Å². The molecule has 0 saturated carbocycles. The highest BCUT2D eigenvalue weighted by Crippen LogP contribution is 2.31. The lowest BCUT2D eigenvalue weighted by atomic mass is 9.89. The van der Waals surface area contributed by atoms with Crippen molar-refractivity contribution in [2.75, 3.05) is 42.0 Å². The quantitative estimate of drug-likeness (QED) is 0.159. The molecule has 1 aromatic carbocycles. The molecule has 0 aromatic heterocycles. The van der Waals surface area contributed by atoms with Crippen molar-refractivity contribution in [2.45, 2.75) is 123 Å². The van der Waals surface area contributed by atoms with Gasteiger partial charge in [0.15, 0.2) is 5.78 Å². The van der Waals surface area contributed by atoms with E-state index >= 15 is 0 Å². The van der Waals surface area contributed by atoms with Gasteiger partial charge >= 0.3 is 0 Å². The molecule has 10 atom stereocenters. The Morgan fingerprint density at radius 2 is 1.45 bits per heavy atom. The fraction of sp³-hybridized carbons (Fsp3) is 0.725. The van der Waals surface area contributed by atoms with E-state index in [9.17, 15) is 32.8 Å². The lowest BCUT2D eigenvalue weighted by Crippen LogP contribution is -2.59. The highest BCUT2D eigenvalue weighted by Gasteiger charge is 2.46. The van der Waals surface area contributed by atoms with Crippen LogP contribution in [0.15, 0.2) is 18.2 Å². The number of likely N-dealkylation sites (tertiary alicyclic amines) is 1. The highest BCUT2D eigenvalue weighted by atomic mass is 19.1. The molecule has 3 N–H and O–H groups in total. The number of hydrogen-bond donors (Lipinski definition) is 3. The van der Waals surface area contributed by atoms with Crippen LogP contribution in [0.25, 0.3) is 0 Å². The molecule has 55 heavy (non-hydrogen) atoms. The van der Waals surface area contributed by atoms with Crippen LogP contribution in [0.2, 0.25) is 0 Å². The topological polar surface area (TPSA) is 156 Å². The second-order valence-electron chi connectivity index (χ2n) is 15.5. The second kappa shape index (κ2) is 21.7. The van der Waals surface area contributed by atoms with Gasteiger partial charge < -0.3 is 40.0 Å². The number of benzene rings is 1. The summed E-state index contributed by atoms with van der Waals surface area (Å²) in [6.07, 6.45) is -0.976. The zero-order valence-corrected chi connectivity index (χ0v) is 34.9. The van der Waals surface area contributed by atoms with Crippen LogP contribution in [-0.2, 0) is 33.4 Å². The zero-order chi connectivity index (χ0) is 41.9. The molecule has 4 amide bonds. The summed E-state index contributed by atoms with van der Waals surface area (Å²) in [6, 6.07) is -1.09. The minimum absolute atomic E-state index is 0.00347. The van der Waals surface area contributed by atoms with E-state index in [2.05, 4.69) is 16.0 Å². The molecule has 312 valence electrons. The molecule has 1 saturated heterocycles. The largest absolute Gasteiger partial charge is 0.380 e. The van der Waals surface area contributed by atoms with Gasteiger partial charge in [0, 0.05) is 46.6 Å². The van der Waals surface area contributed by atoms with Crippen molar-refractivity contribution in [1.82, 2.24) is 25.8 Å². The number of ether oxygens (including phenoxy) is 3. The molecule has 0 radical (unpaired) electrons. The smallest absolute Gasteiger partial charge is 0.245 e. The molecule has 15 heteroatoms. The summed E-state index contributed by atoms with van der Waals surface area (Å²) in [6.45, 7) is 14.8. The van der Waals surface area contributed by atoms with E-state index in [0.717, 1.165) is 12.1 Å². The number of ketones is 1. The Balaban J connectivity index is 2.33. The molecule has 0 unspecified atom stereocenters. The Morgan fingerprint density at radius 1 is 0.873 bits per heavy atom. The number of carbonyl (C=O) groups is 5. The number of Topliss-reactive ketones (excluding diaryl/α,β-unsaturated/α-hetero) is 1. The number of carbonyl (C=O) groups excluding carboxylic acids is 5. The fourth-order valence-electron chi connectivity index (χ4n) is 7.56. The van der Waals surface area contributed by atoms with Crippen molar-refractivity contribution >= 4 is 29.4 Å². The van der Waals surface area contributed by atoms with E-state index in [0.29, 0.717) is 18.9 Å². The minimum Gasteiger partial charge on any atom is -0.380 e. The predicted molar refractivity (Wildman–Crippen MR) is 205 cm³/mol. The van der Waals surface area contributed by atoms with Crippen LogP contribution in [0.5, 0.6) is 0 Å². The number of hydrogen-bond acceptors (Lipinski definition) is 9. The van der Waals surface area contributed by atoms with Crippen molar-refractivity contribution in [3.8, 4) is 0 Å². The Morgan fingerprint density at radius 3 is 1.93 bits per heavy atom. The molecule has 1 aliphatic heterocycles. The number of nitrogens with zero attached hydrogens (tertiary/aromatic N) is 2. The van der Waals surface area contributed by atoms with Crippen molar-refractivity contribution in [2.24, 2.45) is 23.7 Å². The van der Waals surface area contributed by atoms with Gasteiger partial charge in [0.1, 0.15) is 17.7 Å². The maximum Gasteiger partial charge on any atom is 0.245 e. The van der Waals surface area contributed by atoms with Gasteiger partial charge in [-0.25, -0.2) is 8.78 Å². The molecule has 1 fully saturated rings. The van der Waals surface area contributed by atoms with Crippen LogP contribution in [0.3, 0.4) is 0 Å². The van der Waals surface area contributed by atoms with Gasteiger partial charge in [-0.05, 0) is 50.3 Å². The third kappa shape index (κ3) is 12.2. The van der Waals surface area contributed by atoms with E-state index in [1.54, 1.807) is 30.8 Å². The van der Waals surface area contributed by atoms with Gasteiger partial charge in [-0.3, -0.25) is 24.0 Å². The van der Waals surface area contributed by atoms with E-state index < -0.39 is 71.7 Å². The zero-order valence-electron chi connectivity index (χ0n) is 34.9. The summed E-state index contributed by atoms with van der Waals surface area (Å²) >= 11 is 0. The van der Waals surface area contributed by atoms with E-state index in [-0.39, 0.29) is 60.1 Å². The SMILES string of the molecule is CC[C@H](C)[C@@H]([C@H](CC(=O)N1C[C@H](OC)C[C@@H]1[C@H](OC)[C@@H](C)C(=O)N[C@@H](C)C(=O)c1cc(F)cc(F)c1)OC)N(C)C(=O)[C@@H](NC(=O)[C@@H](NC)C(C)C)C(C)C. The summed E-state index contributed by atoms with van der Waals surface area (Å²) in [7, 11) is 7.85. The lowest BCUT2D eigenvalue weighted by molar-refractivity contribution is -0.148. The summed E-state index contributed by atoms with van der Waals surface area (Å²) < 4.78 is 45.1. The van der Waals surface area contributed by atoms with Gasteiger partial charge in [0.2, 0.25) is 23.6 Å². The monoisotopic (exact) mass is 781 g/mol. The number of nitrogens with one attached hydrogen (secondary N) is 3. The van der Waals surface area contributed by atoms with Crippen molar-refractivity contribution in [3.63, 3.8) is 0 Å². The van der Waals surface area contributed by atoms with E-state index in [1.807, 2.05) is 41.5 Å². The van der Waals surface area contributed by atoms with Crippen LogP contribution in [0, 0.1) is 35.3 Å². The standard InChI is InChI=1S/C40H65F2N5O8/c1-14-23(6)35(46(10)40(52)34(22(4)5)45-39(51)33(43-9)21(2)3)31(54-12)19-32(48)47-20-29(53-11)18-30(47)37(55-13)24(7)38(50)44-25(8)36(49)26-15-27(41)17-28(42)16-26/h15-17,21-25,29-31,33-35,37,43H,14,18-20H2,1-13H3,(H,44,50)(H,45,51)/t23-,24+,25-,29+,30+,31-,33-,34-,35-,37+/m0/s1. The summed E-state index contributed by atoms with van der Waals surface area (Å²) in [5, 5.41) is 8.60. The maximum atomic E-state index is 14.3. The first-order chi connectivity index (χ1) is 25.8. The van der Waals surface area contributed by atoms with E-state index in [4.69, 9.17) is 14.2 Å². The number of rotatable bonds is 21. The summed E-state index contributed by atoms with van der Waals surface area (Å²) in [5.74, 6) is -5.10. The molecular weight excluding hydrogens is 716 g/mol. The van der Waals surface area contributed by atoms with Crippen LogP contribution in [0.4, 0.5) is 8.78 Å². The Labute approximate surface area is 325 Å². The third-order valence-corrected chi connectivity index (χ3v) is 11.0. The summed E-state index contributed by atoms with van der Waals surface area (Å²) in [4.78, 5) is 71.4. The molecular formula is C40H65F2N5O8. The summed E-state index contributed by atoms with van der Waals surface area (Å²) in [5.41, 5.74) is -0.217. The fourth-order valence-corrected chi connectivity index (χ4v) is 7.56. The molecule has 13 nitrogen and oxygen atoms in total. The average molecular weight is 782 g/mol. The molecule has 0 spiro atoms. The van der Waals surface area contributed by atoms with Crippen LogP contribution in [-0.4, -0.2) is 130 Å². The van der Waals surface area contributed by atoms with Gasteiger partial charge in [-0.2, -0.15) is 0 Å². The normalized spacial score (nSPS) is 20.3. The van der Waals surface area contributed by atoms with Crippen molar-refractivity contribution < 1.29 is 47.0 Å². The number of amides is 4. The van der Waals surface area contributed by atoms with Crippen molar-refractivity contribution in [3.05, 3.63) is 35.4 Å². The molecule has 1 aromatic rings. The minimum atomic E-state index is -1.11. The molecule has 1 heterocycles. The first-order valence-corrected chi connectivity index (χ1v) is 19.2. The first kappa shape index (κ1) is 47.6. The predicted octanol–water partition coefficient (Wildman–Crippen LogP) is 3.58. The van der Waals surface area contributed by atoms with E-state index in [1.165, 1.54) is 28.3 Å². The van der Waals surface area contributed by atoms with Gasteiger partial charge in [0.25, 0.3) is 0 Å². The first-order valence-electron chi connectivity index (χ1n) is 19.2. The molecule has 0 bridgehead atoms. The molecule has 0 aliphatic carbocycles. The molecule has 2 rings (SSSR count). The van der Waals surface area contributed by atoms with Crippen LogP contribution >= 0.6 is 0 Å². The Kier molecular flexibility index (Phi) is 18.8. The number of methoxy groups -OCH3 is 3. The number of halogens is 2. The molecule has 1 aliphatic rings. The third-order valence-electron chi connectivity index (χ3n) is 11.0. The van der Waals surface area contributed by atoms with Crippen LogP contribution in [0.1, 0.15) is 85.0 Å². The van der Waals surface area contributed by atoms with Crippen molar-refractivity contribution in [1.29, 1.82) is 0 Å². The van der Waals surface area contributed by atoms with Crippen LogP contribution < -0.4 is 16.0 Å². The highest BCUT2D eigenvalue weighted by molar-refractivity contribution is 6.01. The lowest BCUT2D eigenvalue weighted by Gasteiger charge is -2.41. The Hall–Kier alpha value is -3.53. The average Bonchev–Trinajstić information content (AvgIpc) is 3.56. The maximum absolute atomic E-state index is 14.3. The second-order valence-corrected chi connectivity index (χ2v) is 15.5. The Bertz CT molecular complexity index is 1440. The van der Waals surface area contributed by atoms with Gasteiger partial charge in [-0.1, -0.05) is 54.9 Å².